The first-order valence-electron chi connectivity index (χ1n) is 11.1. The van der Waals surface area contributed by atoms with E-state index in [1.807, 2.05) is 6.92 Å². The third kappa shape index (κ3) is 3.89. The molecule has 0 saturated heterocycles. The number of carbonyl (C=O) groups is 1. The predicted molar refractivity (Wildman–Crippen MR) is 110 cm³/mol. The smallest absolute Gasteiger partial charge is 0.302 e. The minimum Gasteiger partial charge on any atom is -0.466 e. The van der Waals surface area contributed by atoms with Crippen LogP contribution >= 0.6 is 0 Å². The maximum Gasteiger partial charge on any atom is 0.302 e. The van der Waals surface area contributed by atoms with Crippen LogP contribution in [0.1, 0.15) is 72.6 Å². The SMILES string of the molecule is CC(=O)OC[C@H]1C[C@@H](O)CC[C@]1(C)[C@H]1CC[C@@]2(C)[C@@H](CC[C@]2(C)O)[C@@H]1CN=[N+]=[N-]. The number of aliphatic hydroxyl groups excluding tert-OH is 1. The minimum atomic E-state index is -0.696. The van der Waals surface area contributed by atoms with Crippen molar-refractivity contribution in [2.24, 2.45) is 39.6 Å². The van der Waals surface area contributed by atoms with Gasteiger partial charge in [-0.1, -0.05) is 19.0 Å². The lowest BCUT2D eigenvalue weighted by Gasteiger charge is -2.58. The Bertz CT molecular complexity index is 677. The van der Waals surface area contributed by atoms with Crippen LogP contribution in [0.5, 0.6) is 0 Å². The standard InChI is InChI=1S/C22H37N3O4/c1-14(26)29-13-15-11-16(27)5-8-20(15,2)18-6-9-21(3)19(7-10-22(21,4)28)17(18)12-24-25-23/h15-19,27-28H,5-13H2,1-4H3/t15-,16+,17-,18+,19+,20+,21+,22+/m1/s1. The van der Waals surface area contributed by atoms with E-state index in [0.29, 0.717) is 31.4 Å². The summed E-state index contributed by atoms with van der Waals surface area (Å²) in [5, 5.41) is 25.4. The molecule has 0 aliphatic heterocycles. The van der Waals surface area contributed by atoms with Crippen LogP contribution in [0.25, 0.3) is 10.4 Å². The van der Waals surface area contributed by atoms with Crippen molar-refractivity contribution in [2.45, 2.75) is 84.3 Å². The summed E-state index contributed by atoms with van der Waals surface area (Å²) in [5.41, 5.74) is 8.05. The Balaban J connectivity index is 1.93. The fourth-order valence-corrected chi connectivity index (χ4v) is 7.10. The molecule has 0 aromatic heterocycles. The second-order valence-corrected chi connectivity index (χ2v) is 10.5. The molecular weight excluding hydrogens is 370 g/mol. The molecule has 0 spiro atoms. The zero-order chi connectivity index (χ0) is 21.4. The molecule has 7 nitrogen and oxygen atoms in total. The lowest BCUT2D eigenvalue weighted by molar-refractivity contribution is -0.154. The molecule has 2 N–H and O–H groups in total. The van der Waals surface area contributed by atoms with Crippen molar-refractivity contribution < 1.29 is 19.7 Å². The third-order valence-corrected chi connectivity index (χ3v) is 9.20. The lowest BCUT2D eigenvalue weighted by atomic mass is 9.48. The third-order valence-electron chi connectivity index (χ3n) is 9.20. The molecule has 8 atom stereocenters. The summed E-state index contributed by atoms with van der Waals surface area (Å²) in [7, 11) is 0. The van der Waals surface area contributed by atoms with Crippen molar-refractivity contribution in [3.63, 3.8) is 0 Å². The van der Waals surface area contributed by atoms with Gasteiger partial charge < -0.3 is 14.9 Å². The van der Waals surface area contributed by atoms with E-state index in [-0.39, 0.29) is 34.7 Å². The van der Waals surface area contributed by atoms with Crippen LogP contribution in [0.3, 0.4) is 0 Å². The monoisotopic (exact) mass is 407 g/mol. The molecule has 0 radical (unpaired) electrons. The summed E-state index contributed by atoms with van der Waals surface area (Å²) < 4.78 is 5.40. The Hall–Kier alpha value is -1.30. The van der Waals surface area contributed by atoms with Gasteiger partial charge in [-0.3, -0.25) is 4.79 Å². The van der Waals surface area contributed by atoms with Crippen molar-refractivity contribution in [1.82, 2.24) is 0 Å². The molecular formula is C22H37N3O4. The molecule has 3 fully saturated rings. The van der Waals surface area contributed by atoms with E-state index in [0.717, 1.165) is 38.5 Å². The largest absolute Gasteiger partial charge is 0.466 e. The molecule has 0 unspecified atom stereocenters. The maximum atomic E-state index is 11.5. The maximum absolute atomic E-state index is 11.5. The number of carbonyl (C=O) groups excluding carboxylic acids is 1. The molecule has 7 heteroatoms. The Labute approximate surface area is 173 Å². The van der Waals surface area contributed by atoms with Gasteiger partial charge in [0.1, 0.15) is 0 Å². The van der Waals surface area contributed by atoms with E-state index in [9.17, 15) is 15.0 Å². The van der Waals surface area contributed by atoms with Crippen molar-refractivity contribution in [2.75, 3.05) is 13.2 Å². The molecule has 3 aliphatic rings. The van der Waals surface area contributed by atoms with Crippen LogP contribution in [0.4, 0.5) is 0 Å². The fourth-order valence-electron chi connectivity index (χ4n) is 7.10. The summed E-state index contributed by atoms with van der Waals surface area (Å²) in [5.74, 6) is 0.604. The second kappa shape index (κ2) is 8.09. The van der Waals surface area contributed by atoms with Gasteiger partial charge in [0.15, 0.2) is 0 Å². The van der Waals surface area contributed by atoms with Crippen LogP contribution in [-0.2, 0) is 9.53 Å². The van der Waals surface area contributed by atoms with Crippen LogP contribution < -0.4 is 0 Å². The summed E-state index contributed by atoms with van der Waals surface area (Å²) in [6.07, 6.45) is 5.51. The zero-order valence-electron chi connectivity index (χ0n) is 18.3. The van der Waals surface area contributed by atoms with Crippen LogP contribution in [-0.4, -0.2) is 41.0 Å². The number of azide groups is 1. The van der Waals surface area contributed by atoms with E-state index in [1.165, 1.54) is 6.92 Å². The minimum absolute atomic E-state index is 0.0833. The molecule has 3 aliphatic carbocycles. The summed E-state index contributed by atoms with van der Waals surface area (Å²) >= 11 is 0. The Kier molecular flexibility index (Phi) is 6.24. The number of fused-ring (bicyclic) bond motifs is 1. The number of aliphatic hydroxyl groups is 2. The topological polar surface area (TPSA) is 116 Å². The van der Waals surface area contributed by atoms with Gasteiger partial charge in [-0.05, 0) is 86.0 Å². The van der Waals surface area contributed by atoms with Gasteiger partial charge in [0.25, 0.3) is 0 Å². The highest BCUT2D eigenvalue weighted by Gasteiger charge is 2.61. The second-order valence-electron chi connectivity index (χ2n) is 10.5. The van der Waals surface area contributed by atoms with Gasteiger partial charge in [-0.15, -0.1) is 0 Å². The van der Waals surface area contributed by atoms with Crippen molar-refractivity contribution in [1.29, 1.82) is 0 Å². The van der Waals surface area contributed by atoms with Crippen LogP contribution in [0.15, 0.2) is 5.11 Å². The van der Waals surface area contributed by atoms with Gasteiger partial charge in [-0.2, -0.15) is 0 Å². The van der Waals surface area contributed by atoms with E-state index >= 15 is 0 Å². The average molecular weight is 408 g/mol. The zero-order valence-corrected chi connectivity index (χ0v) is 18.3. The van der Waals surface area contributed by atoms with Crippen molar-refractivity contribution in [3.05, 3.63) is 10.4 Å². The fraction of sp³-hybridized carbons (Fsp3) is 0.955. The average Bonchev–Trinajstić information content (AvgIpc) is 2.90. The number of ether oxygens (including phenoxy) is 1. The molecule has 29 heavy (non-hydrogen) atoms. The molecule has 0 aromatic carbocycles. The van der Waals surface area contributed by atoms with Gasteiger partial charge in [-0.25, -0.2) is 0 Å². The number of nitrogens with zero attached hydrogens (tertiary/aromatic N) is 3. The summed E-state index contributed by atoms with van der Waals surface area (Å²) in [6.45, 7) is 8.63. The molecule has 3 saturated carbocycles. The molecule has 0 bridgehead atoms. The first-order chi connectivity index (χ1) is 13.5. The number of rotatable bonds is 5. The van der Waals surface area contributed by atoms with E-state index in [4.69, 9.17) is 10.3 Å². The Morgan fingerprint density at radius 2 is 1.86 bits per heavy atom. The normalized spacial score (nSPS) is 47.2. The Morgan fingerprint density at radius 1 is 1.17 bits per heavy atom. The summed E-state index contributed by atoms with van der Waals surface area (Å²) in [6, 6.07) is 0. The lowest BCUT2D eigenvalue weighted by Crippen LogP contribution is -2.55. The highest BCUT2D eigenvalue weighted by atomic mass is 16.5. The molecule has 0 amide bonds. The van der Waals surface area contributed by atoms with Gasteiger partial charge in [0.05, 0.1) is 18.3 Å². The molecule has 0 aromatic rings. The molecule has 0 heterocycles. The number of hydrogen-bond donors (Lipinski definition) is 2. The summed E-state index contributed by atoms with van der Waals surface area (Å²) in [4.78, 5) is 14.5. The van der Waals surface area contributed by atoms with Gasteiger partial charge in [0.2, 0.25) is 0 Å². The molecule has 164 valence electrons. The highest BCUT2D eigenvalue weighted by molar-refractivity contribution is 5.65. The first kappa shape index (κ1) is 22.4. The molecule has 3 rings (SSSR count). The van der Waals surface area contributed by atoms with Crippen LogP contribution in [0.2, 0.25) is 0 Å². The van der Waals surface area contributed by atoms with E-state index in [2.05, 4.69) is 23.9 Å². The quantitative estimate of drug-likeness (QED) is 0.307. The highest BCUT2D eigenvalue weighted by Crippen LogP contribution is 2.64. The van der Waals surface area contributed by atoms with Crippen molar-refractivity contribution >= 4 is 5.97 Å². The van der Waals surface area contributed by atoms with Gasteiger partial charge >= 0.3 is 5.97 Å². The first-order valence-corrected chi connectivity index (χ1v) is 11.1. The number of esters is 1. The van der Waals surface area contributed by atoms with E-state index < -0.39 is 5.60 Å². The predicted octanol–water partition coefficient (Wildman–Crippen LogP) is 4.22. The van der Waals surface area contributed by atoms with Crippen molar-refractivity contribution in [3.8, 4) is 0 Å². The number of hydrogen-bond acceptors (Lipinski definition) is 5. The van der Waals surface area contributed by atoms with E-state index in [1.54, 1.807) is 0 Å². The van der Waals surface area contributed by atoms with Gasteiger partial charge in [0, 0.05) is 24.3 Å². The Morgan fingerprint density at radius 3 is 2.52 bits per heavy atom. The van der Waals surface area contributed by atoms with Crippen LogP contribution in [0, 0.1) is 34.5 Å².